The molecule has 0 unspecified atom stereocenters. The number of rotatable bonds is 3. The molecule has 0 saturated heterocycles. The van der Waals surface area contributed by atoms with Crippen LogP contribution < -0.4 is 5.32 Å². The normalized spacial score (nSPS) is 16.1. The zero-order chi connectivity index (χ0) is 13.5. The van der Waals surface area contributed by atoms with Crippen molar-refractivity contribution in [3.63, 3.8) is 0 Å². The van der Waals surface area contributed by atoms with E-state index in [2.05, 4.69) is 5.32 Å². The molecule has 1 N–H and O–H groups in total. The smallest absolute Gasteiger partial charge is 0.331 e. The SMILES string of the molecule is COC(=O)C1(NC(=O)c2csc3ccccc23)CC1. The minimum Gasteiger partial charge on any atom is -0.467 e. The summed E-state index contributed by atoms with van der Waals surface area (Å²) in [6, 6.07) is 7.73. The van der Waals surface area contributed by atoms with Crippen molar-refractivity contribution in [1.29, 1.82) is 0 Å². The molecule has 1 aromatic carbocycles. The van der Waals surface area contributed by atoms with Crippen LogP contribution in [0, 0.1) is 0 Å². The van der Waals surface area contributed by atoms with Crippen molar-refractivity contribution >= 4 is 33.3 Å². The lowest BCUT2D eigenvalue weighted by Gasteiger charge is -2.14. The van der Waals surface area contributed by atoms with Crippen molar-refractivity contribution in [3.05, 3.63) is 35.2 Å². The molecule has 1 saturated carbocycles. The topological polar surface area (TPSA) is 55.4 Å². The van der Waals surface area contributed by atoms with E-state index in [1.807, 2.05) is 29.6 Å². The largest absolute Gasteiger partial charge is 0.467 e. The zero-order valence-electron chi connectivity index (χ0n) is 10.4. The summed E-state index contributed by atoms with van der Waals surface area (Å²) in [5.41, 5.74) is -0.176. The number of carbonyl (C=O) groups excluding carboxylic acids is 2. The van der Waals surface area contributed by atoms with E-state index in [1.165, 1.54) is 18.4 Å². The molecule has 19 heavy (non-hydrogen) atoms. The van der Waals surface area contributed by atoms with E-state index in [0.29, 0.717) is 18.4 Å². The summed E-state index contributed by atoms with van der Waals surface area (Å²) < 4.78 is 5.80. The van der Waals surface area contributed by atoms with Gasteiger partial charge in [0.2, 0.25) is 0 Å². The first-order valence-corrected chi connectivity index (χ1v) is 6.91. The molecule has 0 aliphatic heterocycles. The number of benzene rings is 1. The second-order valence-corrected chi connectivity index (χ2v) is 5.58. The molecule has 1 heterocycles. The molecule has 4 nitrogen and oxygen atoms in total. The van der Waals surface area contributed by atoms with Gasteiger partial charge in [0, 0.05) is 15.5 Å². The van der Waals surface area contributed by atoms with Crippen LogP contribution in [0.15, 0.2) is 29.6 Å². The highest BCUT2D eigenvalue weighted by atomic mass is 32.1. The Hall–Kier alpha value is -1.88. The van der Waals surface area contributed by atoms with Crippen molar-refractivity contribution in [2.45, 2.75) is 18.4 Å². The van der Waals surface area contributed by atoms with E-state index >= 15 is 0 Å². The number of methoxy groups -OCH3 is 1. The van der Waals surface area contributed by atoms with Crippen LogP contribution >= 0.6 is 11.3 Å². The average molecular weight is 275 g/mol. The van der Waals surface area contributed by atoms with Gasteiger partial charge in [-0.3, -0.25) is 4.79 Å². The van der Waals surface area contributed by atoms with Crippen molar-refractivity contribution < 1.29 is 14.3 Å². The van der Waals surface area contributed by atoms with Crippen LogP contribution in [0.1, 0.15) is 23.2 Å². The molecule has 0 radical (unpaired) electrons. The van der Waals surface area contributed by atoms with Crippen molar-refractivity contribution in [2.75, 3.05) is 7.11 Å². The first-order valence-electron chi connectivity index (χ1n) is 6.03. The van der Waals surface area contributed by atoms with Crippen molar-refractivity contribution in [3.8, 4) is 0 Å². The zero-order valence-corrected chi connectivity index (χ0v) is 11.3. The third-order valence-electron chi connectivity index (χ3n) is 3.40. The lowest BCUT2D eigenvalue weighted by atomic mass is 10.1. The van der Waals surface area contributed by atoms with Gasteiger partial charge in [-0.05, 0) is 18.9 Å². The third-order valence-corrected chi connectivity index (χ3v) is 4.37. The molecule has 1 aliphatic carbocycles. The fraction of sp³-hybridized carbons (Fsp3) is 0.286. The van der Waals surface area contributed by atoms with E-state index < -0.39 is 5.54 Å². The molecule has 0 atom stereocenters. The van der Waals surface area contributed by atoms with Crippen LogP contribution in [0.4, 0.5) is 0 Å². The minimum atomic E-state index is -0.797. The van der Waals surface area contributed by atoms with Gasteiger partial charge < -0.3 is 10.1 Å². The Balaban J connectivity index is 1.87. The Morgan fingerprint density at radius 2 is 2.05 bits per heavy atom. The summed E-state index contributed by atoms with van der Waals surface area (Å²) in [6.45, 7) is 0. The van der Waals surface area contributed by atoms with Crippen LogP contribution in [-0.2, 0) is 9.53 Å². The number of hydrogen-bond acceptors (Lipinski definition) is 4. The van der Waals surface area contributed by atoms with Gasteiger partial charge in [-0.25, -0.2) is 4.79 Å². The molecule has 0 bridgehead atoms. The van der Waals surface area contributed by atoms with E-state index in [1.54, 1.807) is 0 Å². The Bertz CT molecular complexity index is 658. The van der Waals surface area contributed by atoms with E-state index in [4.69, 9.17) is 4.74 Å². The Kier molecular flexibility index (Phi) is 2.78. The van der Waals surface area contributed by atoms with Crippen LogP contribution in [0.2, 0.25) is 0 Å². The molecule has 1 aliphatic rings. The summed E-state index contributed by atoms with van der Waals surface area (Å²) in [4.78, 5) is 23.9. The molecular formula is C14H13NO3S. The molecular weight excluding hydrogens is 262 g/mol. The monoisotopic (exact) mass is 275 g/mol. The Labute approximate surface area is 114 Å². The van der Waals surface area contributed by atoms with Crippen molar-refractivity contribution in [2.24, 2.45) is 0 Å². The van der Waals surface area contributed by atoms with Gasteiger partial charge in [0.15, 0.2) is 0 Å². The molecule has 1 fully saturated rings. The minimum absolute atomic E-state index is 0.208. The molecule has 3 rings (SSSR count). The maximum Gasteiger partial charge on any atom is 0.331 e. The van der Waals surface area contributed by atoms with E-state index in [0.717, 1.165) is 10.1 Å². The highest BCUT2D eigenvalue weighted by Gasteiger charge is 2.52. The standard InChI is InChI=1S/C14H13NO3S/c1-18-13(17)14(6-7-14)15-12(16)10-8-19-11-5-3-2-4-9(10)11/h2-5,8H,6-7H2,1H3,(H,15,16). The number of ether oxygens (including phenoxy) is 1. The van der Waals surface area contributed by atoms with Gasteiger partial charge in [-0.1, -0.05) is 18.2 Å². The maximum absolute atomic E-state index is 12.3. The fourth-order valence-electron chi connectivity index (χ4n) is 2.14. The number of carbonyl (C=O) groups is 2. The van der Waals surface area contributed by atoms with Gasteiger partial charge in [-0.15, -0.1) is 11.3 Å². The van der Waals surface area contributed by atoms with Gasteiger partial charge in [0.25, 0.3) is 5.91 Å². The molecule has 2 aromatic rings. The summed E-state index contributed by atoms with van der Waals surface area (Å²) in [7, 11) is 1.34. The summed E-state index contributed by atoms with van der Waals surface area (Å²) in [5.74, 6) is -0.569. The predicted octanol–water partition coefficient (Wildman–Crippen LogP) is 2.34. The molecule has 5 heteroatoms. The third kappa shape index (κ3) is 2.00. The Morgan fingerprint density at radius 1 is 1.32 bits per heavy atom. The second-order valence-electron chi connectivity index (χ2n) is 4.67. The van der Waals surface area contributed by atoms with Crippen LogP contribution in [0.5, 0.6) is 0 Å². The van der Waals surface area contributed by atoms with Crippen molar-refractivity contribution in [1.82, 2.24) is 5.32 Å². The van der Waals surface area contributed by atoms with Crippen LogP contribution in [-0.4, -0.2) is 24.5 Å². The fourth-order valence-corrected chi connectivity index (χ4v) is 3.08. The molecule has 1 amide bonds. The van der Waals surface area contributed by atoms with E-state index in [-0.39, 0.29) is 11.9 Å². The summed E-state index contributed by atoms with van der Waals surface area (Å²) in [5, 5.41) is 5.55. The maximum atomic E-state index is 12.3. The number of nitrogens with one attached hydrogen (secondary N) is 1. The highest BCUT2D eigenvalue weighted by molar-refractivity contribution is 7.17. The highest BCUT2D eigenvalue weighted by Crippen LogP contribution is 2.37. The number of esters is 1. The predicted molar refractivity (Wildman–Crippen MR) is 73.3 cm³/mol. The number of hydrogen-bond donors (Lipinski definition) is 1. The number of amides is 1. The lowest BCUT2D eigenvalue weighted by molar-refractivity contribution is -0.144. The average Bonchev–Trinajstić information content (AvgIpc) is 3.08. The lowest BCUT2D eigenvalue weighted by Crippen LogP contribution is -2.43. The molecule has 98 valence electrons. The Morgan fingerprint density at radius 3 is 2.74 bits per heavy atom. The quantitative estimate of drug-likeness (QED) is 0.875. The first-order chi connectivity index (χ1) is 9.16. The van der Waals surface area contributed by atoms with E-state index in [9.17, 15) is 9.59 Å². The van der Waals surface area contributed by atoms with Gasteiger partial charge >= 0.3 is 5.97 Å². The van der Waals surface area contributed by atoms with Gasteiger partial charge in [0.1, 0.15) is 5.54 Å². The molecule has 0 spiro atoms. The number of fused-ring (bicyclic) bond motifs is 1. The second kappa shape index (κ2) is 4.35. The summed E-state index contributed by atoms with van der Waals surface area (Å²) >= 11 is 1.53. The van der Waals surface area contributed by atoms with Crippen LogP contribution in [0.25, 0.3) is 10.1 Å². The summed E-state index contributed by atoms with van der Waals surface area (Å²) in [6.07, 6.45) is 1.29. The first kappa shape index (κ1) is 12.2. The van der Waals surface area contributed by atoms with Crippen LogP contribution in [0.3, 0.4) is 0 Å². The number of thiophene rings is 1. The van der Waals surface area contributed by atoms with Gasteiger partial charge in [-0.2, -0.15) is 0 Å². The molecule has 1 aromatic heterocycles. The van der Waals surface area contributed by atoms with Gasteiger partial charge in [0.05, 0.1) is 12.7 Å².